The van der Waals surface area contributed by atoms with Crippen LogP contribution in [0.5, 0.6) is 0 Å². The molecular weight excluding hydrogens is 248 g/mol. The Bertz CT molecular complexity index is 686. The molecule has 0 aliphatic heterocycles. The van der Waals surface area contributed by atoms with Crippen molar-refractivity contribution < 1.29 is 5.11 Å². The lowest BCUT2D eigenvalue weighted by Gasteiger charge is -2.06. The summed E-state index contributed by atoms with van der Waals surface area (Å²) in [4.78, 5) is 3.20. The fraction of sp³-hybridized carbons (Fsp3) is 0.176. The second kappa shape index (κ2) is 5.90. The van der Waals surface area contributed by atoms with E-state index in [9.17, 15) is 0 Å². The molecule has 0 radical (unpaired) electrons. The maximum absolute atomic E-state index is 9.00. The van der Waals surface area contributed by atoms with Gasteiger partial charge in [-0.2, -0.15) is 0 Å². The molecule has 1 heterocycles. The van der Waals surface area contributed by atoms with Crippen molar-refractivity contribution >= 4 is 10.9 Å². The predicted molar refractivity (Wildman–Crippen MR) is 81.2 cm³/mol. The number of aromatic amines is 1. The number of benzene rings is 2. The van der Waals surface area contributed by atoms with Crippen LogP contribution in [0.2, 0.25) is 0 Å². The van der Waals surface area contributed by atoms with Crippen LogP contribution in [0, 0.1) is 0 Å². The number of H-pyrrole nitrogens is 1. The molecule has 2 aromatic carbocycles. The van der Waals surface area contributed by atoms with Crippen molar-refractivity contribution in [3.63, 3.8) is 0 Å². The number of hydrogen-bond donors (Lipinski definition) is 3. The molecule has 0 spiro atoms. The first-order chi connectivity index (χ1) is 9.85. The first kappa shape index (κ1) is 12.9. The highest BCUT2D eigenvalue weighted by Crippen LogP contribution is 2.14. The van der Waals surface area contributed by atoms with Crippen molar-refractivity contribution in [2.24, 2.45) is 0 Å². The Kier molecular flexibility index (Phi) is 3.81. The van der Waals surface area contributed by atoms with Gasteiger partial charge in [-0.05, 0) is 40.3 Å². The van der Waals surface area contributed by atoms with E-state index in [1.807, 2.05) is 30.5 Å². The summed E-state index contributed by atoms with van der Waals surface area (Å²) >= 11 is 0. The van der Waals surface area contributed by atoms with Gasteiger partial charge in [-0.3, -0.25) is 0 Å². The lowest BCUT2D eigenvalue weighted by atomic mass is 10.1. The molecule has 0 bridgehead atoms. The van der Waals surface area contributed by atoms with Crippen molar-refractivity contribution in [3.8, 4) is 0 Å². The molecule has 1 aromatic heterocycles. The van der Waals surface area contributed by atoms with Crippen molar-refractivity contribution in [2.75, 3.05) is 0 Å². The Morgan fingerprint density at radius 2 is 1.55 bits per heavy atom. The van der Waals surface area contributed by atoms with Crippen LogP contribution in [0.25, 0.3) is 10.9 Å². The highest BCUT2D eigenvalue weighted by Gasteiger charge is 1.98. The first-order valence-electron chi connectivity index (χ1n) is 6.80. The fourth-order valence-corrected chi connectivity index (χ4v) is 2.33. The van der Waals surface area contributed by atoms with Crippen LogP contribution < -0.4 is 5.32 Å². The summed E-state index contributed by atoms with van der Waals surface area (Å²) in [6.45, 7) is 1.78. The van der Waals surface area contributed by atoms with E-state index in [-0.39, 0.29) is 6.61 Å². The molecule has 0 unspecified atom stereocenters. The van der Waals surface area contributed by atoms with Gasteiger partial charge in [0.2, 0.25) is 0 Å². The Morgan fingerprint density at radius 1 is 0.850 bits per heavy atom. The minimum Gasteiger partial charge on any atom is -0.392 e. The van der Waals surface area contributed by atoms with Crippen molar-refractivity contribution in [3.05, 3.63) is 71.4 Å². The Hall–Kier alpha value is -2.10. The second-order valence-corrected chi connectivity index (χ2v) is 4.98. The van der Waals surface area contributed by atoms with E-state index in [0.717, 1.165) is 18.7 Å². The molecule has 20 heavy (non-hydrogen) atoms. The molecule has 3 aromatic rings. The molecule has 0 aliphatic rings. The quantitative estimate of drug-likeness (QED) is 0.665. The molecule has 3 heteroatoms. The summed E-state index contributed by atoms with van der Waals surface area (Å²) < 4.78 is 0. The van der Waals surface area contributed by atoms with Crippen LogP contribution in [0.3, 0.4) is 0 Å². The molecule has 0 amide bonds. The lowest BCUT2D eigenvalue weighted by molar-refractivity contribution is 0.282. The summed E-state index contributed by atoms with van der Waals surface area (Å²) in [6.07, 6.45) is 1.96. The van der Waals surface area contributed by atoms with Gasteiger partial charge in [-0.1, -0.05) is 30.3 Å². The van der Waals surface area contributed by atoms with Crippen molar-refractivity contribution in [1.82, 2.24) is 10.3 Å². The summed E-state index contributed by atoms with van der Waals surface area (Å²) in [5, 5.41) is 13.7. The molecule has 0 atom stereocenters. The van der Waals surface area contributed by atoms with E-state index in [1.54, 1.807) is 0 Å². The minimum atomic E-state index is 0.102. The number of hydrogen-bond acceptors (Lipinski definition) is 2. The molecule has 0 saturated carbocycles. The SMILES string of the molecule is OCc1ccc(CNCc2ccc3[nH]ccc3c2)cc1. The Balaban J connectivity index is 1.58. The van der Waals surface area contributed by atoms with Crippen LogP contribution in [-0.2, 0) is 19.7 Å². The molecule has 3 N–H and O–H groups in total. The van der Waals surface area contributed by atoms with Crippen LogP contribution in [0.1, 0.15) is 16.7 Å². The van der Waals surface area contributed by atoms with E-state index in [4.69, 9.17) is 5.11 Å². The van der Waals surface area contributed by atoms with Crippen LogP contribution in [0.4, 0.5) is 0 Å². The molecule has 0 saturated heterocycles. The lowest BCUT2D eigenvalue weighted by Crippen LogP contribution is -2.12. The van der Waals surface area contributed by atoms with Crippen molar-refractivity contribution in [1.29, 1.82) is 0 Å². The van der Waals surface area contributed by atoms with E-state index in [2.05, 4.69) is 34.6 Å². The number of rotatable bonds is 5. The summed E-state index contributed by atoms with van der Waals surface area (Å²) in [5.41, 5.74) is 4.63. The Morgan fingerprint density at radius 3 is 2.35 bits per heavy atom. The molecule has 3 rings (SSSR count). The van der Waals surface area contributed by atoms with E-state index < -0.39 is 0 Å². The van der Waals surface area contributed by atoms with E-state index in [1.165, 1.54) is 22.0 Å². The monoisotopic (exact) mass is 266 g/mol. The summed E-state index contributed by atoms with van der Waals surface area (Å²) in [5.74, 6) is 0. The van der Waals surface area contributed by atoms with Gasteiger partial charge in [-0.25, -0.2) is 0 Å². The molecular formula is C17H18N2O. The zero-order valence-corrected chi connectivity index (χ0v) is 11.3. The average molecular weight is 266 g/mol. The Labute approximate surface area is 118 Å². The first-order valence-corrected chi connectivity index (χ1v) is 6.80. The molecule has 0 fully saturated rings. The third kappa shape index (κ3) is 2.90. The van der Waals surface area contributed by atoms with Crippen LogP contribution >= 0.6 is 0 Å². The third-order valence-corrected chi connectivity index (χ3v) is 3.48. The van der Waals surface area contributed by atoms with Gasteiger partial charge < -0.3 is 15.4 Å². The van der Waals surface area contributed by atoms with Gasteiger partial charge >= 0.3 is 0 Å². The summed E-state index contributed by atoms with van der Waals surface area (Å²) in [7, 11) is 0. The standard InChI is InChI=1S/C17H18N2O/c20-12-14-3-1-13(2-4-14)10-18-11-15-5-6-17-16(9-15)7-8-19-17/h1-9,18-20H,10-12H2. The van der Waals surface area contributed by atoms with Gasteiger partial charge in [0.25, 0.3) is 0 Å². The van der Waals surface area contributed by atoms with Gasteiger partial charge in [0.1, 0.15) is 0 Å². The highest BCUT2D eigenvalue weighted by molar-refractivity contribution is 5.79. The fourth-order valence-electron chi connectivity index (χ4n) is 2.33. The number of aliphatic hydroxyl groups is 1. The van der Waals surface area contributed by atoms with Gasteiger partial charge in [0, 0.05) is 24.8 Å². The maximum Gasteiger partial charge on any atom is 0.0681 e. The van der Waals surface area contributed by atoms with Crippen LogP contribution in [0.15, 0.2) is 54.7 Å². The topological polar surface area (TPSA) is 48.0 Å². The molecule has 102 valence electrons. The average Bonchev–Trinajstić information content (AvgIpc) is 2.95. The van der Waals surface area contributed by atoms with Gasteiger partial charge in [0.15, 0.2) is 0 Å². The maximum atomic E-state index is 9.00. The van der Waals surface area contributed by atoms with E-state index >= 15 is 0 Å². The molecule has 3 nitrogen and oxygen atoms in total. The van der Waals surface area contributed by atoms with Crippen molar-refractivity contribution in [2.45, 2.75) is 19.7 Å². The normalized spacial score (nSPS) is 11.1. The number of nitrogens with one attached hydrogen (secondary N) is 2. The number of aliphatic hydroxyl groups excluding tert-OH is 1. The largest absolute Gasteiger partial charge is 0.392 e. The zero-order valence-electron chi connectivity index (χ0n) is 11.3. The number of aromatic nitrogens is 1. The third-order valence-electron chi connectivity index (χ3n) is 3.48. The van der Waals surface area contributed by atoms with Crippen LogP contribution in [-0.4, -0.2) is 10.1 Å². The summed E-state index contributed by atoms with van der Waals surface area (Å²) in [6, 6.07) is 16.6. The van der Waals surface area contributed by atoms with Gasteiger partial charge in [-0.15, -0.1) is 0 Å². The minimum absolute atomic E-state index is 0.102. The van der Waals surface area contributed by atoms with E-state index in [0.29, 0.717) is 0 Å². The molecule has 0 aliphatic carbocycles. The highest BCUT2D eigenvalue weighted by atomic mass is 16.3. The number of fused-ring (bicyclic) bond motifs is 1. The van der Waals surface area contributed by atoms with Gasteiger partial charge in [0.05, 0.1) is 6.61 Å². The second-order valence-electron chi connectivity index (χ2n) is 4.98. The predicted octanol–water partition coefficient (Wildman–Crippen LogP) is 2.95. The zero-order chi connectivity index (χ0) is 13.8. The smallest absolute Gasteiger partial charge is 0.0681 e.